The van der Waals surface area contributed by atoms with Crippen LogP contribution in [0.3, 0.4) is 0 Å². The Morgan fingerprint density at radius 3 is 2.29 bits per heavy atom. The fourth-order valence-corrected chi connectivity index (χ4v) is 1.92. The summed E-state index contributed by atoms with van der Waals surface area (Å²) in [7, 11) is 3.10. The zero-order valence-electron chi connectivity index (χ0n) is 12.0. The summed E-state index contributed by atoms with van der Waals surface area (Å²) in [6.45, 7) is 0.191. The summed E-state index contributed by atoms with van der Waals surface area (Å²) >= 11 is 0. The number of methoxy groups -OCH3 is 2. The molecule has 0 fully saturated rings. The maximum Gasteiger partial charge on any atom is 0.146 e. The van der Waals surface area contributed by atoms with Gasteiger partial charge in [-0.1, -0.05) is 12.1 Å². The van der Waals surface area contributed by atoms with Crippen LogP contribution < -0.4 is 14.8 Å². The van der Waals surface area contributed by atoms with Gasteiger partial charge in [0.1, 0.15) is 17.3 Å². The lowest BCUT2D eigenvalue weighted by Crippen LogP contribution is -2.13. The smallest absolute Gasteiger partial charge is 0.146 e. The topological polar surface area (TPSA) is 50.7 Å². The largest absolute Gasteiger partial charge is 0.497 e. The number of halogens is 1. The SMILES string of the molecule is COc1ccc(C(O)CNc2cc(OC)ccc2F)cc1. The normalized spacial score (nSPS) is 11.8. The molecule has 21 heavy (non-hydrogen) atoms. The molecule has 0 bridgehead atoms. The summed E-state index contributed by atoms with van der Waals surface area (Å²) in [6.07, 6.45) is -0.749. The third-order valence-corrected chi connectivity index (χ3v) is 3.16. The highest BCUT2D eigenvalue weighted by atomic mass is 19.1. The van der Waals surface area contributed by atoms with Gasteiger partial charge in [-0.2, -0.15) is 0 Å². The van der Waals surface area contributed by atoms with Crippen molar-refractivity contribution in [2.24, 2.45) is 0 Å². The molecule has 0 heterocycles. The maximum absolute atomic E-state index is 13.6. The number of rotatable bonds is 6. The Labute approximate surface area is 123 Å². The van der Waals surface area contributed by atoms with Crippen molar-refractivity contribution < 1.29 is 19.0 Å². The van der Waals surface area contributed by atoms with Crippen molar-refractivity contribution in [3.8, 4) is 11.5 Å². The number of aliphatic hydroxyl groups is 1. The molecule has 2 N–H and O–H groups in total. The summed E-state index contributed by atoms with van der Waals surface area (Å²) in [6, 6.07) is 11.5. The first-order chi connectivity index (χ1) is 10.1. The molecule has 0 aliphatic carbocycles. The van der Waals surface area contributed by atoms with Gasteiger partial charge < -0.3 is 19.9 Å². The number of nitrogens with one attached hydrogen (secondary N) is 1. The van der Waals surface area contributed by atoms with Crippen molar-refractivity contribution in [3.05, 3.63) is 53.8 Å². The van der Waals surface area contributed by atoms with Crippen LogP contribution in [-0.4, -0.2) is 25.9 Å². The molecule has 4 nitrogen and oxygen atoms in total. The Morgan fingerprint density at radius 1 is 1.05 bits per heavy atom. The number of hydrogen-bond acceptors (Lipinski definition) is 4. The van der Waals surface area contributed by atoms with Crippen LogP contribution in [0.25, 0.3) is 0 Å². The van der Waals surface area contributed by atoms with E-state index in [4.69, 9.17) is 9.47 Å². The van der Waals surface area contributed by atoms with Gasteiger partial charge in [0.2, 0.25) is 0 Å². The van der Waals surface area contributed by atoms with Crippen LogP contribution in [-0.2, 0) is 0 Å². The maximum atomic E-state index is 13.6. The quantitative estimate of drug-likeness (QED) is 0.859. The van der Waals surface area contributed by atoms with Gasteiger partial charge in [-0.3, -0.25) is 0 Å². The molecule has 0 saturated carbocycles. The summed E-state index contributed by atoms with van der Waals surface area (Å²) in [5, 5.41) is 13.0. The van der Waals surface area contributed by atoms with Gasteiger partial charge in [-0.25, -0.2) is 4.39 Å². The Balaban J connectivity index is 2.01. The summed E-state index contributed by atoms with van der Waals surface area (Å²) in [5.74, 6) is 0.883. The Bertz CT molecular complexity index is 587. The Kier molecular flexibility index (Phi) is 5.00. The number of anilines is 1. The molecule has 0 aliphatic heterocycles. The molecule has 0 saturated heterocycles. The van der Waals surface area contributed by atoms with Gasteiger partial charge >= 0.3 is 0 Å². The second-order valence-corrected chi connectivity index (χ2v) is 4.52. The molecule has 0 radical (unpaired) electrons. The van der Waals surface area contributed by atoms with E-state index in [0.717, 1.165) is 11.3 Å². The van der Waals surface area contributed by atoms with Gasteiger partial charge in [0.25, 0.3) is 0 Å². The van der Waals surface area contributed by atoms with Crippen molar-refractivity contribution in [1.29, 1.82) is 0 Å². The molecule has 1 atom stereocenters. The van der Waals surface area contributed by atoms with Gasteiger partial charge in [-0.15, -0.1) is 0 Å². The summed E-state index contributed by atoms with van der Waals surface area (Å²) < 4.78 is 23.7. The molecular weight excluding hydrogens is 273 g/mol. The van der Waals surface area contributed by atoms with Crippen LogP contribution in [0.5, 0.6) is 11.5 Å². The molecule has 2 aromatic rings. The summed E-state index contributed by atoms with van der Waals surface area (Å²) in [4.78, 5) is 0. The van der Waals surface area contributed by atoms with Crippen molar-refractivity contribution in [1.82, 2.24) is 0 Å². The lowest BCUT2D eigenvalue weighted by Gasteiger charge is -2.14. The first-order valence-electron chi connectivity index (χ1n) is 6.53. The monoisotopic (exact) mass is 291 g/mol. The molecule has 0 amide bonds. The summed E-state index contributed by atoms with van der Waals surface area (Å²) in [5.41, 5.74) is 1.02. The minimum atomic E-state index is -0.749. The zero-order valence-corrected chi connectivity index (χ0v) is 12.0. The highest BCUT2D eigenvalue weighted by molar-refractivity contribution is 5.49. The van der Waals surface area contributed by atoms with Crippen molar-refractivity contribution in [2.75, 3.05) is 26.1 Å². The average molecular weight is 291 g/mol. The highest BCUT2D eigenvalue weighted by Crippen LogP contribution is 2.23. The van der Waals surface area contributed by atoms with Crippen LogP contribution >= 0.6 is 0 Å². The van der Waals surface area contributed by atoms with Crippen LogP contribution in [0.15, 0.2) is 42.5 Å². The van der Waals surface area contributed by atoms with E-state index >= 15 is 0 Å². The Morgan fingerprint density at radius 2 is 1.67 bits per heavy atom. The molecule has 5 heteroatoms. The van der Waals surface area contributed by atoms with Gasteiger partial charge in [-0.05, 0) is 29.8 Å². The van der Waals surface area contributed by atoms with E-state index in [2.05, 4.69) is 5.32 Å². The standard InChI is InChI=1S/C16H18FNO3/c1-20-12-5-3-11(4-6-12)16(19)10-18-15-9-13(21-2)7-8-14(15)17/h3-9,16,18-19H,10H2,1-2H3. The van der Waals surface area contributed by atoms with Crippen LogP contribution in [0.4, 0.5) is 10.1 Å². The van der Waals surface area contributed by atoms with Gasteiger partial charge in [0.15, 0.2) is 0 Å². The van der Waals surface area contributed by atoms with Crippen molar-refractivity contribution >= 4 is 5.69 Å². The van der Waals surface area contributed by atoms with Crippen LogP contribution in [0.1, 0.15) is 11.7 Å². The predicted octanol–water partition coefficient (Wildman–Crippen LogP) is 2.99. The fourth-order valence-electron chi connectivity index (χ4n) is 1.92. The van der Waals surface area contributed by atoms with Crippen molar-refractivity contribution in [2.45, 2.75) is 6.10 Å². The molecule has 1 unspecified atom stereocenters. The minimum absolute atomic E-state index is 0.191. The van der Waals surface area contributed by atoms with Gasteiger partial charge in [0, 0.05) is 12.6 Å². The first kappa shape index (κ1) is 15.1. The highest BCUT2D eigenvalue weighted by Gasteiger charge is 2.10. The number of ether oxygens (including phenoxy) is 2. The van der Waals surface area contributed by atoms with E-state index in [1.165, 1.54) is 13.2 Å². The Hall–Kier alpha value is -2.27. The van der Waals surface area contributed by atoms with E-state index in [9.17, 15) is 9.50 Å². The average Bonchev–Trinajstić information content (AvgIpc) is 2.54. The number of hydrogen-bond donors (Lipinski definition) is 2. The lowest BCUT2D eigenvalue weighted by atomic mass is 10.1. The number of aliphatic hydroxyl groups excluding tert-OH is 1. The lowest BCUT2D eigenvalue weighted by molar-refractivity contribution is 0.191. The molecule has 0 aliphatic rings. The van der Waals surface area contributed by atoms with E-state index < -0.39 is 11.9 Å². The minimum Gasteiger partial charge on any atom is -0.497 e. The number of benzene rings is 2. The van der Waals surface area contributed by atoms with Gasteiger partial charge in [0.05, 0.1) is 26.0 Å². The molecule has 0 aromatic heterocycles. The predicted molar refractivity (Wildman–Crippen MR) is 79.4 cm³/mol. The van der Waals surface area contributed by atoms with Crippen LogP contribution in [0.2, 0.25) is 0 Å². The zero-order chi connectivity index (χ0) is 15.2. The van der Waals surface area contributed by atoms with E-state index in [1.807, 2.05) is 0 Å². The molecule has 2 rings (SSSR count). The van der Waals surface area contributed by atoms with Crippen molar-refractivity contribution in [3.63, 3.8) is 0 Å². The second kappa shape index (κ2) is 6.95. The third kappa shape index (κ3) is 3.86. The first-order valence-corrected chi connectivity index (χ1v) is 6.53. The third-order valence-electron chi connectivity index (χ3n) is 3.16. The molecule has 112 valence electrons. The van der Waals surface area contributed by atoms with E-state index in [0.29, 0.717) is 11.4 Å². The van der Waals surface area contributed by atoms with Crippen LogP contribution in [0, 0.1) is 5.82 Å². The van der Waals surface area contributed by atoms with E-state index in [1.54, 1.807) is 43.5 Å². The molecular formula is C16H18FNO3. The second-order valence-electron chi connectivity index (χ2n) is 4.52. The molecule has 2 aromatic carbocycles. The van der Waals surface area contributed by atoms with E-state index in [-0.39, 0.29) is 6.54 Å². The fraction of sp³-hybridized carbons (Fsp3) is 0.250. The molecule has 0 spiro atoms.